The summed E-state index contributed by atoms with van der Waals surface area (Å²) < 4.78 is 5.10. The third-order valence-corrected chi connectivity index (χ3v) is 3.55. The Labute approximate surface area is 105 Å². The Hall–Kier alpha value is -0.570. The van der Waals surface area contributed by atoms with Crippen LogP contribution in [0.5, 0.6) is 0 Å². The molecule has 1 saturated heterocycles. The highest BCUT2D eigenvalue weighted by atomic mass is 16.6. The van der Waals surface area contributed by atoms with Gasteiger partial charge in [0, 0.05) is 6.61 Å². The molecule has 3 heteroatoms. The maximum absolute atomic E-state index is 11.1. The lowest BCUT2D eigenvalue weighted by Crippen LogP contribution is -2.45. The first-order chi connectivity index (χ1) is 8.29. The normalized spacial score (nSPS) is 23.3. The van der Waals surface area contributed by atoms with Crippen molar-refractivity contribution in [3.05, 3.63) is 0 Å². The lowest BCUT2D eigenvalue weighted by Gasteiger charge is -2.34. The molecular formula is C14H26O3. The fraction of sp³-hybridized carbons (Fsp3) is 0.929. The Morgan fingerprint density at radius 2 is 1.71 bits per heavy atom. The monoisotopic (exact) mass is 242 g/mol. The predicted octanol–water partition coefficient (Wildman–Crippen LogP) is 3.05. The Balaban J connectivity index is 1.94. The minimum atomic E-state index is -0.119. The quantitative estimate of drug-likeness (QED) is 0.473. The SMILES string of the molecule is CCCCCCCCCC1OC(=O)C1CCO. The highest BCUT2D eigenvalue weighted by Gasteiger charge is 2.40. The van der Waals surface area contributed by atoms with Crippen molar-refractivity contribution >= 4 is 5.97 Å². The second kappa shape index (κ2) is 8.51. The molecule has 2 unspecified atom stereocenters. The minimum Gasteiger partial charge on any atom is -0.461 e. The number of hydrogen-bond acceptors (Lipinski definition) is 3. The maximum atomic E-state index is 11.1. The molecule has 100 valence electrons. The second-order valence-corrected chi connectivity index (χ2v) is 5.00. The number of esters is 1. The molecule has 3 nitrogen and oxygen atoms in total. The van der Waals surface area contributed by atoms with E-state index in [0.717, 1.165) is 12.8 Å². The summed E-state index contributed by atoms with van der Waals surface area (Å²) >= 11 is 0. The maximum Gasteiger partial charge on any atom is 0.313 e. The van der Waals surface area contributed by atoms with E-state index in [4.69, 9.17) is 9.84 Å². The number of aliphatic hydroxyl groups is 1. The van der Waals surface area contributed by atoms with E-state index in [-0.39, 0.29) is 24.6 Å². The third-order valence-electron chi connectivity index (χ3n) is 3.55. The van der Waals surface area contributed by atoms with Crippen LogP contribution < -0.4 is 0 Å². The summed E-state index contributed by atoms with van der Waals surface area (Å²) in [5.41, 5.74) is 0. The fourth-order valence-corrected chi connectivity index (χ4v) is 2.40. The van der Waals surface area contributed by atoms with Crippen LogP contribution in [0.3, 0.4) is 0 Å². The molecule has 17 heavy (non-hydrogen) atoms. The molecule has 0 radical (unpaired) electrons. The van der Waals surface area contributed by atoms with Crippen molar-refractivity contribution in [3.8, 4) is 0 Å². The van der Waals surface area contributed by atoms with E-state index in [1.807, 2.05) is 0 Å². The number of aliphatic hydroxyl groups excluding tert-OH is 1. The fourth-order valence-electron chi connectivity index (χ4n) is 2.40. The molecule has 1 fully saturated rings. The van der Waals surface area contributed by atoms with Crippen LogP contribution in [0.25, 0.3) is 0 Å². The predicted molar refractivity (Wildman–Crippen MR) is 67.7 cm³/mol. The van der Waals surface area contributed by atoms with Crippen LogP contribution in [0.1, 0.15) is 64.7 Å². The topological polar surface area (TPSA) is 46.5 Å². The Bertz CT molecular complexity index is 216. The van der Waals surface area contributed by atoms with Crippen LogP contribution in [0, 0.1) is 5.92 Å². The van der Waals surface area contributed by atoms with Crippen LogP contribution in [0.2, 0.25) is 0 Å². The van der Waals surface area contributed by atoms with E-state index in [1.165, 1.54) is 38.5 Å². The number of hydrogen-bond donors (Lipinski definition) is 1. The van der Waals surface area contributed by atoms with Gasteiger partial charge in [-0.3, -0.25) is 4.79 Å². The summed E-state index contributed by atoms with van der Waals surface area (Å²) in [5, 5.41) is 8.82. The van der Waals surface area contributed by atoms with Crippen molar-refractivity contribution in [2.75, 3.05) is 6.61 Å². The van der Waals surface area contributed by atoms with Crippen molar-refractivity contribution < 1.29 is 14.6 Å². The smallest absolute Gasteiger partial charge is 0.313 e. The molecule has 1 aliphatic rings. The van der Waals surface area contributed by atoms with E-state index in [9.17, 15) is 4.79 Å². The summed E-state index contributed by atoms with van der Waals surface area (Å²) in [6.45, 7) is 2.32. The average molecular weight is 242 g/mol. The summed E-state index contributed by atoms with van der Waals surface area (Å²) in [4.78, 5) is 11.1. The first-order valence-corrected chi connectivity index (χ1v) is 7.11. The first-order valence-electron chi connectivity index (χ1n) is 7.11. The zero-order valence-electron chi connectivity index (χ0n) is 11.0. The Morgan fingerprint density at radius 3 is 2.29 bits per heavy atom. The van der Waals surface area contributed by atoms with Gasteiger partial charge in [0.05, 0.1) is 5.92 Å². The second-order valence-electron chi connectivity index (χ2n) is 5.00. The zero-order chi connectivity index (χ0) is 12.5. The molecule has 2 atom stereocenters. The van der Waals surface area contributed by atoms with Crippen LogP contribution in [0.4, 0.5) is 0 Å². The molecule has 0 saturated carbocycles. The van der Waals surface area contributed by atoms with E-state index >= 15 is 0 Å². The van der Waals surface area contributed by atoms with E-state index in [0.29, 0.717) is 6.42 Å². The summed E-state index contributed by atoms with van der Waals surface area (Å²) in [6, 6.07) is 0. The van der Waals surface area contributed by atoms with Gasteiger partial charge < -0.3 is 9.84 Å². The molecule has 0 aromatic rings. The molecule has 1 rings (SSSR count). The van der Waals surface area contributed by atoms with Crippen LogP contribution in [0.15, 0.2) is 0 Å². The Morgan fingerprint density at radius 1 is 1.06 bits per heavy atom. The molecule has 1 heterocycles. The zero-order valence-corrected chi connectivity index (χ0v) is 11.0. The molecule has 0 amide bonds. The lowest BCUT2D eigenvalue weighted by atomic mass is 9.89. The van der Waals surface area contributed by atoms with Crippen molar-refractivity contribution in [3.63, 3.8) is 0 Å². The van der Waals surface area contributed by atoms with Gasteiger partial charge in [0.25, 0.3) is 0 Å². The van der Waals surface area contributed by atoms with E-state index in [1.54, 1.807) is 0 Å². The number of carbonyl (C=O) groups is 1. The van der Waals surface area contributed by atoms with Crippen molar-refractivity contribution in [1.29, 1.82) is 0 Å². The van der Waals surface area contributed by atoms with E-state index in [2.05, 4.69) is 6.92 Å². The van der Waals surface area contributed by atoms with Gasteiger partial charge in [-0.1, -0.05) is 45.4 Å². The highest BCUT2D eigenvalue weighted by molar-refractivity contribution is 5.78. The van der Waals surface area contributed by atoms with Crippen LogP contribution in [-0.2, 0) is 9.53 Å². The van der Waals surface area contributed by atoms with Gasteiger partial charge in [-0.2, -0.15) is 0 Å². The van der Waals surface area contributed by atoms with Gasteiger partial charge in [-0.15, -0.1) is 0 Å². The standard InChI is InChI=1S/C14H26O3/c1-2-3-4-5-6-7-8-9-13-12(10-11-15)14(16)17-13/h12-13,15H,2-11H2,1H3. The summed E-state index contributed by atoms with van der Waals surface area (Å²) in [6.07, 6.45) is 10.6. The molecule has 1 aliphatic heterocycles. The number of cyclic esters (lactones) is 1. The minimum absolute atomic E-state index is 0.0277. The van der Waals surface area contributed by atoms with Crippen molar-refractivity contribution in [2.45, 2.75) is 70.8 Å². The number of rotatable bonds is 10. The molecule has 0 aliphatic carbocycles. The summed E-state index contributed by atoms with van der Waals surface area (Å²) in [7, 11) is 0. The molecule has 0 aromatic heterocycles. The van der Waals surface area contributed by atoms with Gasteiger partial charge in [-0.05, 0) is 19.3 Å². The van der Waals surface area contributed by atoms with Crippen molar-refractivity contribution in [2.24, 2.45) is 5.92 Å². The van der Waals surface area contributed by atoms with Gasteiger partial charge in [0.2, 0.25) is 0 Å². The molecule has 0 spiro atoms. The first kappa shape index (κ1) is 14.5. The lowest BCUT2D eigenvalue weighted by molar-refractivity contribution is -0.186. The number of carbonyl (C=O) groups excluding carboxylic acids is 1. The van der Waals surface area contributed by atoms with Gasteiger partial charge in [-0.25, -0.2) is 0 Å². The number of unbranched alkanes of at least 4 members (excludes halogenated alkanes) is 6. The molecular weight excluding hydrogens is 216 g/mol. The molecule has 1 N–H and O–H groups in total. The molecule has 0 bridgehead atoms. The third kappa shape index (κ3) is 5.07. The average Bonchev–Trinajstić information content (AvgIpc) is 2.33. The Kier molecular flexibility index (Phi) is 7.25. The van der Waals surface area contributed by atoms with Crippen LogP contribution in [-0.4, -0.2) is 23.8 Å². The van der Waals surface area contributed by atoms with Gasteiger partial charge >= 0.3 is 5.97 Å². The largest absolute Gasteiger partial charge is 0.461 e. The van der Waals surface area contributed by atoms with E-state index < -0.39 is 0 Å². The van der Waals surface area contributed by atoms with Crippen molar-refractivity contribution in [1.82, 2.24) is 0 Å². The summed E-state index contributed by atoms with van der Waals surface area (Å²) in [5.74, 6) is -0.146. The molecule has 0 aromatic carbocycles. The van der Waals surface area contributed by atoms with Gasteiger partial charge in [0.1, 0.15) is 6.10 Å². The van der Waals surface area contributed by atoms with Gasteiger partial charge in [0.15, 0.2) is 0 Å². The van der Waals surface area contributed by atoms with Crippen LogP contribution >= 0.6 is 0 Å². The number of ether oxygens (including phenoxy) is 1. The highest BCUT2D eigenvalue weighted by Crippen LogP contribution is 2.29.